The van der Waals surface area contributed by atoms with E-state index in [0.29, 0.717) is 11.4 Å². The van der Waals surface area contributed by atoms with Gasteiger partial charge in [-0.3, -0.25) is 4.21 Å². The minimum Gasteiger partial charge on any atom is -0.768 e. The molecular formula is C12H15N4O2S-. The number of amidine groups is 1. The summed E-state index contributed by atoms with van der Waals surface area (Å²) in [6.07, 6.45) is 0. The van der Waals surface area contributed by atoms with Crippen molar-refractivity contribution in [1.29, 1.82) is 0 Å². The van der Waals surface area contributed by atoms with Crippen LogP contribution < -0.4 is 10.7 Å². The lowest BCUT2D eigenvalue weighted by Gasteiger charge is -2.26. The smallest absolute Gasteiger partial charge is 0.178 e. The van der Waals surface area contributed by atoms with Gasteiger partial charge in [-0.1, -0.05) is 6.07 Å². The van der Waals surface area contributed by atoms with Gasteiger partial charge < -0.3 is 15.3 Å². The summed E-state index contributed by atoms with van der Waals surface area (Å²) < 4.78 is 22.0. The van der Waals surface area contributed by atoms with Gasteiger partial charge in [-0.2, -0.15) is 5.10 Å². The van der Waals surface area contributed by atoms with Crippen LogP contribution in [0.3, 0.4) is 0 Å². The molecule has 1 aromatic rings. The molecule has 7 heteroatoms. The van der Waals surface area contributed by atoms with E-state index in [0.717, 1.165) is 18.7 Å². The fraction of sp³-hybridized carbons (Fsp3) is 0.333. The zero-order chi connectivity index (χ0) is 13.8. The number of aryl methyl sites for hydroxylation is 1. The van der Waals surface area contributed by atoms with Crippen molar-refractivity contribution in [1.82, 2.24) is 10.7 Å². The molecule has 1 heterocycles. The maximum atomic E-state index is 11.0. The molecule has 19 heavy (non-hydrogen) atoms. The molecule has 1 unspecified atom stereocenters. The van der Waals surface area contributed by atoms with Gasteiger partial charge in [-0.05, 0) is 42.4 Å². The van der Waals surface area contributed by atoms with Crippen molar-refractivity contribution in [2.24, 2.45) is 10.1 Å². The van der Waals surface area contributed by atoms with Crippen molar-refractivity contribution in [2.45, 2.75) is 17.9 Å². The van der Waals surface area contributed by atoms with Crippen LogP contribution in [0.4, 0.5) is 0 Å². The lowest BCUT2D eigenvalue weighted by Crippen LogP contribution is -2.53. The third kappa shape index (κ3) is 3.25. The van der Waals surface area contributed by atoms with Crippen molar-refractivity contribution in [3.8, 4) is 0 Å². The maximum Gasteiger partial charge on any atom is 0.178 e. The van der Waals surface area contributed by atoms with Gasteiger partial charge in [0, 0.05) is 23.5 Å². The van der Waals surface area contributed by atoms with Gasteiger partial charge in [-0.25, -0.2) is 4.99 Å². The molecule has 0 aliphatic carbocycles. The Hall–Kier alpha value is -1.57. The number of aliphatic imine (C=N–C) groups is 1. The molecule has 2 rings (SSSR count). The van der Waals surface area contributed by atoms with Crippen LogP contribution in [-0.4, -0.2) is 40.4 Å². The quantitative estimate of drug-likeness (QED) is 0.355. The van der Waals surface area contributed by atoms with E-state index >= 15 is 0 Å². The monoisotopic (exact) mass is 279 g/mol. The van der Waals surface area contributed by atoms with E-state index in [1.807, 2.05) is 6.92 Å². The Morgan fingerprint density at radius 2 is 2.32 bits per heavy atom. The molecule has 2 N–H and O–H groups in total. The first kappa shape index (κ1) is 13.9. The van der Waals surface area contributed by atoms with Crippen LogP contribution in [0.25, 0.3) is 0 Å². The second-order valence-corrected chi connectivity index (χ2v) is 5.23. The van der Waals surface area contributed by atoms with Gasteiger partial charge >= 0.3 is 0 Å². The van der Waals surface area contributed by atoms with E-state index in [2.05, 4.69) is 27.6 Å². The normalized spacial score (nSPS) is 17.7. The molecule has 0 saturated carbocycles. The Morgan fingerprint density at radius 3 is 2.84 bits per heavy atom. The summed E-state index contributed by atoms with van der Waals surface area (Å²) in [5.41, 5.74) is 4.54. The Labute approximate surface area is 114 Å². The van der Waals surface area contributed by atoms with Crippen molar-refractivity contribution in [3.05, 3.63) is 29.3 Å². The molecule has 1 saturated heterocycles. The largest absolute Gasteiger partial charge is 0.768 e. The predicted molar refractivity (Wildman–Crippen MR) is 74.2 cm³/mol. The third-order valence-corrected chi connectivity index (χ3v) is 3.57. The Bertz CT molecular complexity index is 541. The number of nitrogens with zero attached hydrogens (tertiary/aromatic N) is 2. The first-order valence-electron chi connectivity index (χ1n) is 5.82. The van der Waals surface area contributed by atoms with Crippen LogP contribution in [0.5, 0.6) is 0 Å². The molecular weight excluding hydrogens is 264 g/mol. The molecule has 0 radical (unpaired) electrons. The standard InChI is InChI=1S/C12H16N4O2S/c1-8-3-4-10(19(17)18)5-11(8)12(13-2)16-15-9-6-14-7-9/h3-5,9,14-15H,2,6-7H2,1H3,(H,17,18)/p-1. The molecule has 1 fully saturated rings. The van der Waals surface area contributed by atoms with Crippen molar-refractivity contribution in [2.75, 3.05) is 13.1 Å². The molecule has 1 aromatic carbocycles. The summed E-state index contributed by atoms with van der Waals surface area (Å²) in [6, 6.07) is 5.11. The molecule has 102 valence electrons. The Balaban J connectivity index is 2.27. The van der Waals surface area contributed by atoms with Crippen LogP contribution in [0, 0.1) is 6.92 Å². The van der Waals surface area contributed by atoms with Gasteiger partial charge in [-0.15, -0.1) is 0 Å². The SMILES string of the molecule is C=NC(=NNC1CNC1)c1cc(S(=O)[O-])ccc1C. The zero-order valence-corrected chi connectivity index (χ0v) is 11.4. The van der Waals surface area contributed by atoms with Gasteiger partial charge in [0.2, 0.25) is 0 Å². The number of benzene rings is 1. The van der Waals surface area contributed by atoms with E-state index in [4.69, 9.17) is 0 Å². The number of hydrogen-bond acceptors (Lipinski definition) is 5. The fourth-order valence-electron chi connectivity index (χ4n) is 1.66. The summed E-state index contributed by atoms with van der Waals surface area (Å²) in [5, 5.41) is 7.31. The highest BCUT2D eigenvalue weighted by Gasteiger charge is 2.15. The number of rotatable bonds is 4. The fourth-order valence-corrected chi connectivity index (χ4v) is 2.05. The van der Waals surface area contributed by atoms with Crippen molar-refractivity contribution in [3.63, 3.8) is 0 Å². The molecule has 6 nitrogen and oxygen atoms in total. The minimum absolute atomic E-state index is 0.210. The highest BCUT2D eigenvalue weighted by atomic mass is 32.2. The third-order valence-electron chi connectivity index (χ3n) is 2.93. The maximum absolute atomic E-state index is 11.0. The summed E-state index contributed by atoms with van der Waals surface area (Å²) in [6.45, 7) is 7.08. The Morgan fingerprint density at radius 1 is 1.58 bits per heavy atom. The summed E-state index contributed by atoms with van der Waals surface area (Å²) in [4.78, 5) is 4.08. The molecule has 0 spiro atoms. The molecule has 1 aliphatic rings. The molecule has 0 amide bonds. The van der Waals surface area contributed by atoms with Gasteiger partial charge in [0.25, 0.3) is 0 Å². The van der Waals surface area contributed by atoms with Crippen LogP contribution >= 0.6 is 0 Å². The van der Waals surface area contributed by atoms with E-state index in [9.17, 15) is 8.76 Å². The van der Waals surface area contributed by atoms with Gasteiger partial charge in [0.05, 0.1) is 6.04 Å². The van der Waals surface area contributed by atoms with Crippen molar-refractivity contribution >= 4 is 23.6 Å². The summed E-state index contributed by atoms with van der Waals surface area (Å²) >= 11 is -2.27. The van der Waals surface area contributed by atoms with E-state index in [1.54, 1.807) is 18.2 Å². The second kappa shape index (κ2) is 6.05. The first-order chi connectivity index (χ1) is 9.11. The number of hydrogen-bond donors (Lipinski definition) is 2. The first-order valence-corrected chi connectivity index (χ1v) is 6.90. The number of hydrazone groups is 1. The van der Waals surface area contributed by atoms with Crippen LogP contribution in [0.2, 0.25) is 0 Å². The van der Waals surface area contributed by atoms with Crippen LogP contribution in [0.15, 0.2) is 33.2 Å². The second-order valence-electron chi connectivity index (χ2n) is 4.29. The summed E-state index contributed by atoms with van der Waals surface area (Å²) in [5.74, 6) is 0.400. The zero-order valence-electron chi connectivity index (χ0n) is 10.5. The average molecular weight is 279 g/mol. The molecule has 0 bridgehead atoms. The van der Waals surface area contributed by atoms with Gasteiger partial charge in [0.1, 0.15) is 0 Å². The topological polar surface area (TPSA) is 88.9 Å². The minimum atomic E-state index is -2.27. The number of nitrogens with one attached hydrogen (secondary N) is 2. The lowest BCUT2D eigenvalue weighted by molar-refractivity contribution is 0.374. The van der Waals surface area contributed by atoms with E-state index < -0.39 is 11.1 Å². The average Bonchev–Trinajstić information content (AvgIpc) is 2.33. The van der Waals surface area contributed by atoms with Crippen molar-refractivity contribution < 1.29 is 8.76 Å². The van der Waals surface area contributed by atoms with Crippen LogP contribution in [-0.2, 0) is 11.1 Å². The highest BCUT2D eigenvalue weighted by Crippen LogP contribution is 2.15. The van der Waals surface area contributed by atoms with E-state index in [-0.39, 0.29) is 10.9 Å². The molecule has 1 atom stereocenters. The van der Waals surface area contributed by atoms with Crippen LogP contribution in [0.1, 0.15) is 11.1 Å². The Kier molecular flexibility index (Phi) is 4.41. The lowest BCUT2D eigenvalue weighted by atomic mass is 10.1. The molecule has 1 aliphatic heterocycles. The summed E-state index contributed by atoms with van der Waals surface area (Å²) in [7, 11) is 0. The van der Waals surface area contributed by atoms with Gasteiger partial charge in [0.15, 0.2) is 5.84 Å². The molecule has 0 aromatic heterocycles. The highest BCUT2D eigenvalue weighted by molar-refractivity contribution is 7.79. The predicted octanol–water partition coefficient (Wildman–Crippen LogP) is 0.157. The van der Waals surface area contributed by atoms with E-state index in [1.165, 1.54) is 0 Å².